The Morgan fingerprint density at radius 3 is 2.68 bits per heavy atom. The Labute approximate surface area is 165 Å². The molecule has 4 rings (SSSR count). The molecule has 0 spiro atoms. The number of carbonyl (C=O) groups excluding carboxylic acids is 1. The lowest BCUT2D eigenvalue weighted by Crippen LogP contribution is -2.42. The number of carboxylic acid groups (broad SMARTS) is 1. The second kappa shape index (κ2) is 7.37. The molecule has 1 amide bonds. The third kappa shape index (κ3) is 3.26. The van der Waals surface area contributed by atoms with Crippen LogP contribution in [0.15, 0.2) is 24.3 Å². The molecule has 1 aromatic carbocycles. The van der Waals surface area contributed by atoms with E-state index in [4.69, 9.17) is 4.74 Å². The maximum Gasteiger partial charge on any atom is 0.312 e. The van der Waals surface area contributed by atoms with Gasteiger partial charge in [0.2, 0.25) is 5.91 Å². The molecule has 3 aliphatic rings. The van der Waals surface area contributed by atoms with Gasteiger partial charge in [-0.25, -0.2) is 0 Å². The predicted molar refractivity (Wildman–Crippen MR) is 104 cm³/mol. The van der Waals surface area contributed by atoms with E-state index in [9.17, 15) is 14.7 Å². The van der Waals surface area contributed by atoms with Crippen molar-refractivity contribution in [1.29, 1.82) is 0 Å². The SMILES string of the molecule is CC1NNC(C)C1CCC(=O)N1C[C@@H]2COc3ccccc3C[C@]2(C(=O)O)C1. The Morgan fingerprint density at radius 1 is 1.25 bits per heavy atom. The number of carboxylic acids is 1. The summed E-state index contributed by atoms with van der Waals surface area (Å²) in [5.41, 5.74) is 6.38. The average molecular weight is 387 g/mol. The van der Waals surface area contributed by atoms with Crippen LogP contribution in [0.2, 0.25) is 0 Å². The van der Waals surface area contributed by atoms with E-state index in [0.717, 1.165) is 17.7 Å². The minimum absolute atomic E-state index is 0.0493. The lowest BCUT2D eigenvalue weighted by atomic mass is 9.74. The minimum Gasteiger partial charge on any atom is -0.493 e. The highest BCUT2D eigenvalue weighted by atomic mass is 16.5. The number of rotatable bonds is 4. The van der Waals surface area contributed by atoms with Gasteiger partial charge in [0.15, 0.2) is 0 Å². The highest BCUT2D eigenvalue weighted by Crippen LogP contribution is 2.44. The number of hydrogen-bond donors (Lipinski definition) is 3. The van der Waals surface area contributed by atoms with Crippen molar-refractivity contribution in [3.8, 4) is 5.75 Å². The predicted octanol–water partition coefficient (Wildman–Crippen LogP) is 1.43. The summed E-state index contributed by atoms with van der Waals surface area (Å²) >= 11 is 0. The number of aliphatic carboxylic acids is 1. The van der Waals surface area contributed by atoms with Crippen LogP contribution < -0.4 is 15.6 Å². The minimum atomic E-state index is -0.973. The number of carbonyl (C=O) groups is 2. The maximum atomic E-state index is 12.9. The molecule has 0 saturated carbocycles. The molecule has 1 aromatic rings. The van der Waals surface area contributed by atoms with Crippen molar-refractivity contribution in [1.82, 2.24) is 15.8 Å². The average Bonchev–Trinajstić information content (AvgIpc) is 3.15. The second-order valence-corrected chi connectivity index (χ2v) is 8.60. The summed E-state index contributed by atoms with van der Waals surface area (Å²) in [5, 5.41) is 10.1. The lowest BCUT2D eigenvalue weighted by molar-refractivity contribution is -0.151. The first-order valence-corrected chi connectivity index (χ1v) is 10.1. The molecule has 0 aliphatic carbocycles. The van der Waals surface area contributed by atoms with Gasteiger partial charge < -0.3 is 14.7 Å². The topological polar surface area (TPSA) is 90.9 Å². The van der Waals surface area contributed by atoms with Crippen molar-refractivity contribution in [2.24, 2.45) is 17.3 Å². The van der Waals surface area contributed by atoms with Gasteiger partial charge in [0, 0.05) is 37.5 Å². The smallest absolute Gasteiger partial charge is 0.312 e. The molecule has 2 saturated heterocycles. The summed E-state index contributed by atoms with van der Waals surface area (Å²) in [7, 11) is 0. The number of hydrogen-bond acceptors (Lipinski definition) is 5. The molecule has 28 heavy (non-hydrogen) atoms. The van der Waals surface area contributed by atoms with Gasteiger partial charge in [0.05, 0.1) is 12.0 Å². The Balaban J connectivity index is 1.47. The Hall–Kier alpha value is -2.12. The zero-order valence-electron chi connectivity index (χ0n) is 16.5. The van der Waals surface area contributed by atoms with Crippen LogP contribution in [0.4, 0.5) is 0 Å². The van der Waals surface area contributed by atoms with Gasteiger partial charge in [-0.3, -0.25) is 20.4 Å². The largest absolute Gasteiger partial charge is 0.493 e. The second-order valence-electron chi connectivity index (χ2n) is 8.60. The third-order valence-corrected chi connectivity index (χ3v) is 6.91. The van der Waals surface area contributed by atoms with Crippen molar-refractivity contribution < 1.29 is 19.4 Å². The molecule has 0 bridgehead atoms. The van der Waals surface area contributed by atoms with Crippen LogP contribution in [0.25, 0.3) is 0 Å². The number of amides is 1. The van der Waals surface area contributed by atoms with Crippen LogP contribution in [0, 0.1) is 17.3 Å². The van der Waals surface area contributed by atoms with Crippen LogP contribution in [0.5, 0.6) is 5.75 Å². The summed E-state index contributed by atoms with van der Waals surface area (Å²) in [4.78, 5) is 27.0. The Morgan fingerprint density at radius 2 is 1.96 bits per heavy atom. The van der Waals surface area contributed by atoms with Gasteiger partial charge in [-0.15, -0.1) is 0 Å². The van der Waals surface area contributed by atoms with Crippen molar-refractivity contribution in [2.75, 3.05) is 19.7 Å². The number of ether oxygens (including phenoxy) is 1. The van der Waals surface area contributed by atoms with Crippen LogP contribution >= 0.6 is 0 Å². The van der Waals surface area contributed by atoms with Gasteiger partial charge in [0.25, 0.3) is 0 Å². The standard InChI is InChI=1S/C21H29N3O4/c1-13-17(14(2)23-22-13)7-8-19(25)24-10-16-11-28-18-6-4-3-5-15(18)9-21(16,12-24)20(26)27/h3-6,13-14,16-17,22-23H,7-12H2,1-2H3,(H,26,27)/t13?,14?,16-,17?,21+/m1/s1. The molecule has 4 atom stereocenters. The molecule has 2 fully saturated rings. The lowest BCUT2D eigenvalue weighted by Gasteiger charge is -2.27. The summed E-state index contributed by atoms with van der Waals surface area (Å²) in [5.74, 6) is 0.169. The van der Waals surface area contributed by atoms with Crippen molar-refractivity contribution >= 4 is 11.9 Å². The molecule has 152 valence electrons. The molecular formula is C21H29N3O4. The number of hydrazine groups is 1. The molecule has 3 N–H and O–H groups in total. The first kappa shape index (κ1) is 19.2. The number of nitrogens with zero attached hydrogens (tertiary/aromatic N) is 1. The molecule has 0 aromatic heterocycles. The van der Waals surface area contributed by atoms with Crippen molar-refractivity contribution in [3.05, 3.63) is 29.8 Å². The van der Waals surface area contributed by atoms with E-state index < -0.39 is 11.4 Å². The molecule has 2 unspecified atom stereocenters. The van der Waals surface area contributed by atoms with E-state index in [1.807, 2.05) is 24.3 Å². The fourth-order valence-electron chi connectivity index (χ4n) is 5.07. The number of para-hydroxylation sites is 1. The zero-order valence-corrected chi connectivity index (χ0v) is 16.5. The fourth-order valence-corrected chi connectivity index (χ4v) is 5.07. The molecule has 7 heteroatoms. The number of fused-ring (bicyclic) bond motifs is 2. The van der Waals surface area contributed by atoms with E-state index in [1.165, 1.54) is 0 Å². The molecule has 7 nitrogen and oxygen atoms in total. The van der Waals surface area contributed by atoms with Crippen LogP contribution in [0.1, 0.15) is 32.3 Å². The summed E-state index contributed by atoms with van der Waals surface area (Å²) < 4.78 is 5.92. The van der Waals surface area contributed by atoms with Gasteiger partial charge in [-0.05, 0) is 44.2 Å². The number of benzene rings is 1. The highest BCUT2D eigenvalue weighted by Gasteiger charge is 2.55. The Bertz CT molecular complexity index is 760. The molecule has 0 radical (unpaired) electrons. The zero-order chi connectivity index (χ0) is 19.9. The first-order chi connectivity index (χ1) is 13.4. The monoisotopic (exact) mass is 387 g/mol. The van der Waals surface area contributed by atoms with Crippen molar-refractivity contribution in [2.45, 2.75) is 45.2 Å². The van der Waals surface area contributed by atoms with E-state index in [1.54, 1.807) is 4.90 Å². The normalized spacial score (nSPS) is 34.3. The first-order valence-electron chi connectivity index (χ1n) is 10.1. The highest BCUT2D eigenvalue weighted by molar-refractivity contribution is 5.81. The van der Waals surface area contributed by atoms with Crippen LogP contribution in [-0.2, 0) is 16.0 Å². The van der Waals surface area contributed by atoms with E-state index in [2.05, 4.69) is 24.7 Å². The van der Waals surface area contributed by atoms with Gasteiger partial charge >= 0.3 is 5.97 Å². The summed E-state index contributed by atoms with van der Waals surface area (Å²) in [6.07, 6.45) is 1.64. The van der Waals surface area contributed by atoms with Gasteiger partial charge in [-0.1, -0.05) is 18.2 Å². The van der Waals surface area contributed by atoms with Crippen molar-refractivity contribution in [3.63, 3.8) is 0 Å². The van der Waals surface area contributed by atoms with Crippen LogP contribution in [0.3, 0.4) is 0 Å². The maximum absolute atomic E-state index is 12.9. The van der Waals surface area contributed by atoms with Gasteiger partial charge in [-0.2, -0.15) is 0 Å². The summed E-state index contributed by atoms with van der Waals surface area (Å²) in [6.45, 7) is 5.28. The molecular weight excluding hydrogens is 358 g/mol. The number of likely N-dealkylation sites (tertiary alicyclic amines) is 1. The quantitative estimate of drug-likeness (QED) is 0.724. The van der Waals surface area contributed by atoms with Gasteiger partial charge in [0.1, 0.15) is 5.75 Å². The molecule has 3 heterocycles. The molecule has 3 aliphatic heterocycles. The van der Waals surface area contributed by atoms with E-state index >= 15 is 0 Å². The van der Waals surface area contributed by atoms with Crippen LogP contribution in [-0.4, -0.2) is 53.7 Å². The summed E-state index contributed by atoms with van der Waals surface area (Å²) in [6, 6.07) is 8.27. The Kier molecular flexibility index (Phi) is 5.05. The number of nitrogens with one attached hydrogen (secondary N) is 2. The van der Waals surface area contributed by atoms with E-state index in [-0.39, 0.29) is 18.4 Å². The third-order valence-electron chi connectivity index (χ3n) is 6.91. The fraction of sp³-hybridized carbons (Fsp3) is 0.619. The van der Waals surface area contributed by atoms with E-state index in [0.29, 0.717) is 44.0 Å².